The molecule has 0 bridgehead atoms. The molecular weight excluding hydrogens is 420 g/mol. The van der Waals surface area contributed by atoms with E-state index in [1.165, 1.54) is 13.2 Å². The van der Waals surface area contributed by atoms with Crippen LogP contribution < -0.4 is 14.8 Å². The number of nitriles is 1. The molecule has 0 aliphatic heterocycles. The summed E-state index contributed by atoms with van der Waals surface area (Å²) in [6.07, 6.45) is 3.14. The Hall–Kier alpha value is -3.04. The van der Waals surface area contributed by atoms with Crippen molar-refractivity contribution < 1.29 is 14.3 Å². The Balaban J connectivity index is 2.26. The molecule has 1 N–H and O–H groups in total. The number of nitrogens with one attached hydrogen (secondary N) is 1. The van der Waals surface area contributed by atoms with Crippen LogP contribution in [-0.4, -0.2) is 19.6 Å². The Morgan fingerprint density at radius 3 is 2.64 bits per heavy atom. The van der Waals surface area contributed by atoms with Crippen LogP contribution in [0.1, 0.15) is 24.1 Å². The molecule has 6 heteroatoms. The third-order valence-electron chi connectivity index (χ3n) is 3.95. The van der Waals surface area contributed by atoms with E-state index in [2.05, 4.69) is 27.8 Å². The normalized spacial score (nSPS) is 11.9. The molecule has 0 saturated carbocycles. The monoisotopic (exact) mass is 440 g/mol. The van der Waals surface area contributed by atoms with Crippen molar-refractivity contribution in [1.82, 2.24) is 5.32 Å². The second kappa shape index (κ2) is 10.3. The van der Waals surface area contributed by atoms with Gasteiger partial charge in [0.2, 0.25) is 0 Å². The number of carbonyl (C=O) groups is 1. The minimum Gasteiger partial charge on any atom is -0.493 e. The van der Waals surface area contributed by atoms with Crippen molar-refractivity contribution >= 4 is 27.9 Å². The van der Waals surface area contributed by atoms with E-state index in [0.29, 0.717) is 28.1 Å². The van der Waals surface area contributed by atoms with E-state index in [9.17, 15) is 10.1 Å². The molecule has 5 nitrogen and oxygen atoms in total. The standard InChI is InChI=1S/C22H21BrN2O3/c1-4-10-28-21-13-19(23)17(12-20(21)27-3)11-18(14-24)22(26)25-15(2)16-8-6-5-7-9-16/h4-9,11-13,15H,1,10H2,2-3H3,(H,25,26)/b18-11-/t15-/m1/s1. The SMILES string of the molecule is C=CCOc1cc(Br)c(/C=C(/C#N)C(=O)N[C@H](C)c2ccccc2)cc1OC. The Morgan fingerprint density at radius 1 is 1.32 bits per heavy atom. The van der Waals surface area contributed by atoms with Crippen LogP contribution >= 0.6 is 15.9 Å². The van der Waals surface area contributed by atoms with Gasteiger partial charge >= 0.3 is 0 Å². The third kappa shape index (κ3) is 5.48. The molecule has 0 aromatic heterocycles. The van der Waals surface area contributed by atoms with E-state index in [1.54, 1.807) is 18.2 Å². The summed E-state index contributed by atoms with van der Waals surface area (Å²) in [6.45, 7) is 5.82. The number of hydrogen-bond acceptors (Lipinski definition) is 4. The fraction of sp³-hybridized carbons (Fsp3) is 0.182. The molecule has 0 aliphatic rings. The van der Waals surface area contributed by atoms with Crippen molar-refractivity contribution in [2.24, 2.45) is 0 Å². The van der Waals surface area contributed by atoms with Crippen LogP contribution in [0, 0.1) is 11.3 Å². The lowest BCUT2D eigenvalue weighted by Gasteiger charge is -2.14. The zero-order valence-corrected chi connectivity index (χ0v) is 17.3. The van der Waals surface area contributed by atoms with Gasteiger partial charge in [-0.3, -0.25) is 4.79 Å². The summed E-state index contributed by atoms with van der Waals surface area (Å²) in [5, 5.41) is 12.3. The summed E-state index contributed by atoms with van der Waals surface area (Å²) in [7, 11) is 1.52. The van der Waals surface area contributed by atoms with Gasteiger partial charge < -0.3 is 14.8 Å². The van der Waals surface area contributed by atoms with E-state index in [1.807, 2.05) is 43.3 Å². The Labute approximate surface area is 173 Å². The van der Waals surface area contributed by atoms with Gasteiger partial charge in [-0.15, -0.1) is 0 Å². The molecule has 1 atom stereocenters. The lowest BCUT2D eigenvalue weighted by Crippen LogP contribution is -2.27. The van der Waals surface area contributed by atoms with Crippen molar-refractivity contribution in [3.8, 4) is 17.6 Å². The highest BCUT2D eigenvalue weighted by atomic mass is 79.9. The fourth-order valence-electron chi connectivity index (χ4n) is 2.49. The second-order valence-electron chi connectivity index (χ2n) is 5.90. The molecule has 2 aromatic carbocycles. The first-order valence-electron chi connectivity index (χ1n) is 8.59. The smallest absolute Gasteiger partial charge is 0.262 e. The maximum absolute atomic E-state index is 12.6. The van der Waals surface area contributed by atoms with Gasteiger partial charge in [-0.25, -0.2) is 0 Å². The van der Waals surface area contributed by atoms with Crippen molar-refractivity contribution in [2.45, 2.75) is 13.0 Å². The number of amides is 1. The summed E-state index contributed by atoms with van der Waals surface area (Å²) in [6, 6.07) is 14.7. The lowest BCUT2D eigenvalue weighted by molar-refractivity contribution is -0.117. The average molecular weight is 441 g/mol. The Morgan fingerprint density at radius 2 is 2.04 bits per heavy atom. The summed E-state index contributed by atoms with van der Waals surface area (Å²) in [5.41, 5.74) is 1.58. The Kier molecular flexibility index (Phi) is 7.85. The predicted octanol–water partition coefficient (Wildman–Crippen LogP) is 4.81. The largest absolute Gasteiger partial charge is 0.493 e. The molecule has 0 aliphatic carbocycles. The highest BCUT2D eigenvalue weighted by Crippen LogP contribution is 2.34. The molecule has 0 saturated heterocycles. The molecular formula is C22H21BrN2O3. The highest BCUT2D eigenvalue weighted by Gasteiger charge is 2.16. The summed E-state index contributed by atoms with van der Waals surface area (Å²) in [4.78, 5) is 12.6. The lowest BCUT2D eigenvalue weighted by atomic mass is 10.1. The number of ether oxygens (including phenoxy) is 2. The summed E-state index contributed by atoms with van der Waals surface area (Å²) >= 11 is 3.45. The minimum atomic E-state index is -0.447. The topological polar surface area (TPSA) is 71.3 Å². The summed E-state index contributed by atoms with van der Waals surface area (Å²) < 4.78 is 11.6. The maximum Gasteiger partial charge on any atom is 0.262 e. The molecule has 0 fully saturated rings. The van der Waals surface area contributed by atoms with Gasteiger partial charge in [0.15, 0.2) is 11.5 Å². The zero-order chi connectivity index (χ0) is 20.5. The van der Waals surface area contributed by atoms with Crippen LogP contribution in [0.25, 0.3) is 6.08 Å². The second-order valence-corrected chi connectivity index (χ2v) is 6.75. The van der Waals surface area contributed by atoms with Crippen LogP contribution in [0.4, 0.5) is 0 Å². The zero-order valence-electron chi connectivity index (χ0n) is 15.7. The first kappa shape index (κ1) is 21.3. The van der Waals surface area contributed by atoms with Gasteiger partial charge in [-0.2, -0.15) is 5.26 Å². The van der Waals surface area contributed by atoms with Crippen molar-refractivity contribution in [3.63, 3.8) is 0 Å². The van der Waals surface area contributed by atoms with E-state index in [-0.39, 0.29) is 11.6 Å². The van der Waals surface area contributed by atoms with E-state index < -0.39 is 5.91 Å². The maximum atomic E-state index is 12.6. The summed E-state index contributed by atoms with van der Waals surface area (Å²) in [5.74, 6) is 0.579. The van der Waals surface area contributed by atoms with Crippen LogP contribution in [0.3, 0.4) is 0 Å². The quantitative estimate of drug-likeness (QED) is 0.363. The van der Waals surface area contributed by atoms with E-state index in [4.69, 9.17) is 9.47 Å². The van der Waals surface area contributed by atoms with E-state index >= 15 is 0 Å². The number of hydrogen-bond donors (Lipinski definition) is 1. The van der Waals surface area contributed by atoms with Crippen LogP contribution in [0.15, 0.2) is 65.2 Å². The number of methoxy groups -OCH3 is 1. The molecule has 1 amide bonds. The van der Waals surface area contributed by atoms with Crippen molar-refractivity contribution in [3.05, 3.63) is 76.3 Å². The predicted molar refractivity (Wildman–Crippen MR) is 113 cm³/mol. The van der Waals surface area contributed by atoms with Crippen LogP contribution in [0.2, 0.25) is 0 Å². The number of halogens is 1. The van der Waals surface area contributed by atoms with Gasteiger partial charge in [0.25, 0.3) is 5.91 Å². The molecule has 0 spiro atoms. The minimum absolute atomic E-state index is 0.00899. The molecule has 0 radical (unpaired) electrons. The fourth-order valence-corrected chi connectivity index (χ4v) is 2.92. The molecule has 0 heterocycles. The highest BCUT2D eigenvalue weighted by molar-refractivity contribution is 9.10. The van der Waals surface area contributed by atoms with Crippen LogP contribution in [0.5, 0.6) is 11.5 Å². The first-order valence-corrected chi connectivity index (χ1v) is 9.38. The number of benzene rings is 2. The number of carbonyl (C=O) groups excluding carboxylic acids is 1. The number of rotatable bonds is 8. The molecule has 2 aromatic rings. The van der Waals surface area contributed by atoms with Gasteiger partial charge in [0, 0.05) is 4.47 Å². The molecule has 144 valence electrons. The van der Waals surface area contributed by atoms with Crippen molar-refractivity contribution in [2.75, 3.05) is 13.7 Å². The van der Waals surface area contributed by atoms with E-state index in [0.717, 1.165) is 5.56 Å². The van der Waals surface area contributed by atoms with Gasteiger partial charge in [0.1, 0.15) is 18.2 Å². The van der Waals surface area contributed by atoms with Gasteiger partial charge in [-0.05, 0) is 36.3 Å². The van der Waals surface area contributed by atoms with Gasteiger partial charge in [-0.1, -0.05) is 58.9 Å². The van der Waals surface area contributed by atoms with Gasteiger partial charge in [0.05, 0.1) is 13.2 Å². The Bertz CT molecular complexity index is 917. The third-order valence-corrected chi connectivity index (χ3v) is 4.64. The van der Waals surface area contributed by atoms with Crippen molar-refractivity contribution in [1.29, 1.82) is 5.26 Å². The molecule has 0 unspecified atom stereocenters. The molecule has 28 heavy (non-hydrogen) atoms. The average Bonchev–Trinajstić information content (AvgIpc) is 2.71. The first-order chi connectivity index (χ1) is 13.5. The molecule has 2 rings (SSSR count). The van der Waals surface area contributed by atoms with Crippen LogP contribution in [-0.2, 0) is 4.79 Å². The number of nitrogens with zero attached hydrogens (tertiary/aromatic N) is 1.